The maximum atomic E-state index is 6.14. The van der Waals surface area contributed by atoms with Crippen LogP contribution in [0.2, 0.25) is 0 Å². The molecule has 2 atom stereocenters. The summed E-state index contributed by atoms with van der Waals surface area (Å²) in [5, 5.41) is 3.75. The van der Waals surface area contributed by atoms with Crippen LogP contribution in [-0.2, 0) is 5.41 Å². The van der Waals surface area contributed by atoms with Crippen LogP contribution in [0.1, 0.15) is 31.0 Å². The summed E-state index contributed by atoms with van der Waals surface area (Å²) in [6, 6.07) is 12.6. The zero-order valence-corrected chi connectivity index (χ0v) is 15.7. The molecule has 0 fully saturated rings. The van der Waals surface area contributed by atoms with Crippen molar-refractivity contribution in [1.29, 1.82) is 0 Å². The van der Waals surface area contributed by atoms with Crippen molar-refractivity contribution in [2.24, 2.45) is 5.92 Å². The summed E-state index contributed by atoms with van der Waals surface area (Å²) in [5.41, 5.74) is 4.46. The summed E-state index contributed by atoms with van der Waals surface area (Å²) in [6.07, 6.45) is 3.21. The Morgan fingerprint density at radius 2 is 2.11 bits per heavy atom. The van der Waals surface area contributed by atoms with E-state index in [1.807, 2.05) is 18.2 Å². The van der Waals surface area contributed by atoms with Gasteiger partial charge in [0.25, 0.3) is 0 Å². The molecular formula is C22H22N2O3. The Hall–Kier alpha value is -2.95. The summed E-state index contributed by atoms with van der Waals surface area (Å²) in [6.45, 7) is 5.24. The van der Waals surface area contributed by atoms with Gasteiger partial charge in [0.05, 0.1) is 31.5 Å². The second-order valence-electron chi connectivity index (χ2n) is 7.76. The van der Waals surface area contributed by atoms with Gasteiger partial charge < -0.3 is 19.2 Å². The fraction of sp³-hybridized carbons (Fsp3) is 0.318. The smallest absolute Gasteiger partial charge is 0.181 e. The minimum atomic E-state index is -0.0835. The van der Waals surface area contributed by atoms with Gasteiger partial charge in [0, 0.05) is 22.6 Å². The fourth-order valence-electron chi connectivity index (χ4n) is 4.49. The van der Waals surface area contributed by atoms with Crippen molar-refractivity contribution in [2.45, 2.75) is 25.3 Å². The average molecular weight is 362 g/mol. The van der Waals surface area contributed by atoms with Gasteiger partial charge in [-0.15, -0.1) is 0 Å². The number of benzene rings is 2. The van der Waals surface area contributed by atoms with Crippen molar-refractivity contribution in [1.82, 2.24) is 4.98 Å². The van der Waals surface area contributed by atoms with Crippen molar-refractivity contribution in [3.63, 3.8) is 0 Å². The number of ether oxygens (including phenoxy) is 2. The van der Waals surface area contributed by atoms with Crippen molar-refractivity contribution in [3.8, 4) is 22.8 Å². The van der Waals surface area contributed by atoms with Crippen molar-refractivity contribution in [2.75, 3.05) is 19.0 Å². The predicted octanol–water partition coefficient (Wildman–Crippen LogP) is 4.80. The van der Waals surface area contributed by atoms with Crippen LogP contribution in [0.3, 0.4) is 0 Å². The third kappa shape index (κ3) is 2.34. The van der Waals surface area contributed by atoms with Crippen LogP contribution < -0.4 is 14.8 Å². The minimum absolute atomic E-state index is 0.0835. The third-order valence-electron chi connectivity index (χ3n) is 6.05. The number of nitrogens with zero attached hydrogens (tertiary/aromatic N) is 1. The molecule has 0 radical (unpaired) electrons. The van der Waals surface area contributed by atoms with Crippen LogP contribution in [0.4, 0.5) is 5.69 Å². The van der Waals surface area contributed by atoms with Gasteiger partial charge in [-0.25, -0.2) is 4.98 Å². The Bertz CT molecular complexity index is 981. The number of nitrogens with one attached hydrogen (secondary N) is 1. The average Bonchev–Trinajstić information content (AvgIpc) is 3.22. The van der Waals surface area contributed by atoms with Gasteiger partial charge in [0.15, 0.2) is 12.2 Å². The second-order valence-corrected chi connectivity index (χ2v) is 7.76. The highest BCUT2D eigenvalue weighted by atomic mass is 16.5. The summed E-state index contributed by atoms with van der Waals surface area (Å²) < 4.78 is 17.3. The molecule has 5 nitrogen and oxygen atoms in total. The molecule has 3 heterocycles. The molecule has 138 valence electrons. The van der Waals surface area contributed by atoms with E-state index in [1.165, 1.54) is 12.0 Å². The Balaban J connectivity index is 1.64. The topological polar surface area (TPSA) is 56.5 Å². The molecule has 5 heteroatoms. The zero-order chi connectivity index (χ0) is 18.6. The van der Waals surface area contributed by atoms with E-state index >= 15 is 0 Å². The Kier molecular flexibility index (Phi) is 3.47. The predicted molar refractivity (Wildman–Crippen MR) is 103 cm³/mol. The van der Waals surface area contributed by atoms with Crippen molar-refractivity contribution in [3.05, 3.63) is 60.1 Å². The van der Waals surface area contributed by atoms with Crippen molar-refractivity contribution < 1.29 is 13.9 Å². The van der Waals surface area contributed by atoms with Crippen LogP contribution in [-0.4, -0.2) is 18.7 Å². The van der Waals surface area contributed by atoms with E-state index in [2.05, 4.69) is 42.3 Å². The lowest BCUT2D eigenvalue weighted by Crippen LogP contribution is -2.46. The van der Waals surface area contributed by atoms with Crippen LogP contribution in [0.15, 0.2) is 53.4 Å². The van der Waals surface area contributed by atoms with Gasteiger partial charge in [-0.05, 0) is 35.9 Å². The maximum Gasteiger partial charge on any atom is 0.181 e. The highest BCUT2D eigenvalue weighted by Gasteiger charge is 2.47. The Morgan fingerprint density at radius 3 is 2.89 bits per heavy atom. The van der Waals surface area contributed by atoms with Crippen LogP contribution in [0.5, 0.6) is 11.5 Å². The first-order chi connectivity index (χ1) is 13.1. The second kappa shape index (κ2) is 5.78. The molecule has 27 heavy (non-hydrogen) atoms. The lowest BCUT2D eigenvalue weighted by atomic mass is 9.65. The molecule has 0 spiro atoms. The molecule has 0 amide bonds. The van der Waals surface area contributed by atoms with Gasteiger partial charge in [-0.3, -0.25) is 0 Å². The van der Waals surface area contributed by atoms with Crippen molar-refractivity contribution >= 4 is 5.69 Å². The van der Waals surface area contributed by atoms with Gasteiger partial charge in [-0.2, -0.15) is 0 Å². The molecule has 0 aliphatic carbocycles. The number of hydrogen-bond donors (Lipinski definition) is 1. The zero-order valence-electron chi connectivity index (χ0n) is 15.7. The first kappa shape index (κ1) is 16.2. The first-order valence-corrected chi connectivity index (χ1v) is 9.19. The highest BCUT2D eigenvalue weighted by Crippen LogP contribution is 2.54. The maximum absolute atomic E-state index is 6.14. The van der Waals surface area contributed by atoms with E-state index in [0.717, 1.165) is 34.1 Å². The van der Waals surface area contributed by atoms with E-state index in [0.29, 0.717) is 6.61 Å². The van der Waals surface area contributed by atoms with Gasteiger partial charge in [0.1, 0.15) is 11.5 Å². The number of fused-ring (bicyclic) bond motifs is 4. The quantitative estimate of drug-likeness (QED) is 0.709. The molecule has 3 aromatic rings. The summed E-state index contributed by atoms with van der Waals surface area (Å²) in [5.74, 6) is 2.83. The molecule has 2 aliphatic heterocycles. The molecular weight excluding hydrogens is 340 g/mol. The lowest BCUT2D eigenvalue weighted by Gasteiger charge is -2.48. The molecule has 2 aliphatic rings. The van der Waals surface area contributed by atoms with Gasteiger partial charge in [-0.1, -0.05) is 19.9 Å². The minimum Gasteiger partial charge on any atom is -0.496 e. The number of rotatable bonds is 2. The Labute approximate surface area is 158 Å². The standard InChI is InChI=1S/C22H22N2O3/c1-22(2)14-9-13(19-10-23-12-27-19)7-8-16(14)24-21-15(22)11-26-18-6-4-5-17(25-3)20(18)21/h4-10,12,15,21,24H,11H2,1-3H3/t15-,21-/m1/s1. The molecule has 1 aromatic heterocycles. The van der Waals surface area contributed by atoms with Gasteiger partial charge >= 0.3 is 0 Å². The monoisotopic (exact) mass is 362 g/mol. The summed E-state index contributed by atoms with van der Waals surface area (Å²) in [7, 11) is 1.71. The van der Waals surface area contributed by atoms with Gasteiger partial charge in [0.2, 0.25) is 0 Å². The first-order valence-electron chi connectivity index (χ1n) is 9.19. The number of hydrogen-bond acceptors (Lipinski definition) is 5. The SMILES string of the molecule is COc1cccc2c1[C@@H]1Nc3ccc(-c4cnco4)cc3C(C)(C)[C@@H]1CO2. The third-order valence-corrected chi connectivity index (χ3v) is 6.05. The molecule has 2 aromatic carbocycles. The summed E-state index contributed by atoms with van der Waals surface area (Å²) in [4.78, 5) is 4.04. The number of methoxy groups -OCH3 is 1. The highest BCUT2D eigenvalue weighted by molar-refractivity contribution is 5.69. The number of anilines is 1. The van der Waals surface area contributed by atoms with E-state index in [4.69, 9.17) is 13.9 Å². The van der Waals surface area contributed by atoms with Crippen LogP contribution in [0.25, 0.3) is 11.3 Å². The molecule has 0 saturated carbocycles. The van der Waals surface area contributed by atoms with Crippen LogP contribution >= 0.6 is 0 Å². The van der Waals surface area contributed by atoms with E-state index < -0.39 is 0 Å². The number of oxazole rings is 1. The van der Waals surface area contributed by atoms with E-state index in [1.54, 1.807) is 13.3 Å². The largest absolute Gasteiger partial charge is 0.496 e. The van der Waals surface area contributed by atoms with E-state index in [9.17, 15) is 0 Å². The molecule has 0 unspecified atom stereocenters. The lowest BCUT2D eigenvalue weighted by molar-refractivity contribution is 0.133. The number of aromatic nitrogens is 1. The summed E-state index contributed by atoms with van der Waals surface area (Å²) >= 11 is 0. The molecule has 0 bridgehead atoms. The normalized spacial score (nSPS) is 21.9. The molecule has 5 rings (SSSR count). The van der Waals surface area contributed by atoms with E-state index in [-0.39, 0.29) is 17.4 Å². The molecule has 1 N–H and O–H groups in total. The van der Waals surface area contributed by atoms with Crippen LogP contribution in [0, 0.1) is 5.92 Å². The molecule has 0 saturated heterocycles. The fourth-order valence-corrected chi connectivity index (χ4v) is 4.49. The Morgan fingerprint density at radius 1 is 1.22 bits per heavy atom.